The fourth-order valence-electron chi connectivity index (χ4n) is 1.76. The second-order valence-electron chi connectivity index (χ2n) is 3.36. The van der Waals surface area contributed by atoms with Crippen LogP contribution in [0.15, 0.2) is 4.90 Å². The fourth-order valence-corrected chi connectivity index (χ4v) is 3.06. The van der Waals surface area contributed by atoms with Crippen LogP contribution in [-0.2, 0) is 6.42 Å². The lowest BCUT2D eigenvalue weighted by molar-refractivity contribution is 0.816. The number of fused-ring (bicyclic) bond motifs is 1. The molecular formula is C10H14ClN3S. The van der Waals surface area contributed by atoms with Gasteiger partial charge in [0.15, 0.2) is 0 Å². The van der Waals surface area contributed by atoms with Crippen molar-refractivity contribution in [1.82, 2.24) is 9.97 Å². The highest BCUT2D eigenvalue weighted by atomic mass is 35.5. The molecule has 2 heterocycles. The summed E-state index contributed by atoms with van der Waals surface area (Å²) in [6.07, 6.45) is 1.01. The lowest BCUT2D eigenvalue weighted by Gasteiger charge is -2.21. The number of aromatic nitrogens is 2. The summed E-state index contributed by atoms with van der Waals surface area (Å²) in [5.41, 5.74) is 1.11. The molecule has 0 N–H and O–H groups in total. The van der Waals surface area contributed by atoms with Gasteiger partial charge in [-0.15, -0.1) is 11.8 Å². The molecule has 5 heteroatoms. The third kappa shape index (κ3) is 2.06. The molecule has 0 saturated heterocycles. The monoisotopic (exact) mass is 243 g/mol. The predicted molar refractivity (Wildman–Crippen MR) is 65.0 cm³/mol. The van der Waals surface area contributed by atoms with Gasteiger partial charge in [-0.1, -0.05) is 0 Å². The molecule has 0 bridgehead atoms. The Balaban J connectivity index is 2.46. The van der Waals surface area contributed by atoms with E-state index < -0.39 is 0 Å². The van der Waals surface area contributed by atoms with E-state index in [9.17, 15) is 0 Å². The van der Waals surface area contributed by atoms with Gasteiger partial charge < -0.3 is 4.90 Å². The summed E-state index contributed by atoms with van der Waals surface area (Å²) >= 11 is 7.77. The van der Waals surface area contributed by atoms with E-state index in [4.69, 9.17) is 11.6 Å². The van der Waals surface area contributed by atoms with Crippen molar-refractivity contribution in [2.24, 2.45) is 0 Å². The van der Waals surface area contributed by atoms with Crippen LogP contribution in [0.3, 0.4) is 0 Å². The van der Waals surface area contributed by atoms with Crippen LogP contribution >= 0.6 is 23.4 Å². The number of rotatable bonds is 3. The van der Waals surface area contributed by atoms with Crippen LogP contribution in [-0.4, -0.2) is 28.8 Å². The Labute approximate surface area is 99.2 Å². The average molecular weight is 244 g/mol. The van der Waals surface area contributed by atoms with Gasteiger partial charge >= 0.3 is 0 Å². The Morgan fingerprint density at radius 3 is 2.73 bits per heavy atom. The fraction of sp³-hybridized carbons (Fsp3) is 0.600. The van der Waals surface area contributed by atoms with Crippen LogP contribution < -0.4 is 4.90 Å². The van der Waals surface area contributed by atoms with Crippen molar-refractivity contribution >= 4 is 29.2 Å². The van der Waals surface area contributed by atoms with Crippen LogP contribution in [0.2, 0.25) is 5.28 Å². The van der Waals surface area contributed by atoms with E-state index >= 15 is 0 Å². The van der Waals surface area contributed by atoms with Gasteiger partial charge in [-0.05, 0) is 25.4 Å². The second kappa shape index (κ2) is 4.58. The average Bonchev–Trinajstić information content (AvgIpc) is 2.67. The van der Waals surface area contributed by atoms with Crippen molar-refractivity contribution in [3.8, 4) is 0 Å². The largest absolute Gasteiger partial charge is 0.356 e. The molecule has 0 saturated carbocycles. The first kappa shape index (κ1) is 11.0. The minimum Gasteiger partial charge on any atom is -0.356 e. The van der Waals surface area contributed by atoms with E-state index in [0.29, 0.717) is 5.28 Å². The first-order chi connectivity index (χ1) is 7.26. The Kier molecular flexibility index (Phi) is 3.36. The summed E-state index contributed by atoms with van der Waals surface area (Å²) in [5, 5.41) is 0.373. The zero-order valence-corrected chi connectivity index (χ0v) is 10.5. The molecule has 0 aromatic carbocycles. The summed E-state index contributed by atoms with van der Waals surface area (Å²) in [4.78, 5) is 12.1. The molecule has 0 radical (unpaired) electrons. The molecule has 0 atom stereocenters. The number of thioether (sulfide) groups is 1. The van der Waals surface area contributed by atoms with E-state index in [2.05, 4.69) is 28.7 Å². The molecule has 0 aliphatic carbocycles. The van der Waals surface area contributed by atoms with Gasteiger partial charge in [-0.3, -0.25) is 0 Å². The van der Waals surface area contributed by atoms with Gasteiger partial charge in [0.25, 0.3) is 0 Å². The molecule has 1 aliphatic rings. The van der Waals surface area contributed by atoms with Crippen LogP contribution in [0.5, 0.6) is 0 Å². The maximum atomic E-state index is 5.93. The van der Waals surface area contributed by atoms with Crippen LogP contribution in [0.1, 0.15) is 19.5 Å². The highest BCUT2D eigenvalue weighted by molar-refractivity contribution is 7.99. The van der Waals surface area contributed by atoms with E-state index in [1.54, 1.807) is 0 Å². The number of halogens is 1. The molecule has 3 nitrogen and oxygen atoms in total. The molecular weight excluding hydrogens is 230 g/mol. The standard InChI is InChI=1S/C10H14ClN3S/c1-3-14(4-2)9-8-7(5-6-15-8)12-10(11)13-9/h3-6H2,1-2H3. The molecule has 82 valence electrons. The molecule has 0 amide bonds. The first-order valence-electron chi connectivity index (χ1n) is 5.20. The Bertz CT molecular complexity index is 366. The third-order valence-electron chi connectivity index (χ3n) is 2.54. The minimum atomic E-state index is 0.373. The maximum Gasteiger partial charge on any atom is 0.224 e. The molecule has 1 aromatic heterocycles. The van der Waals surface area contributed by atoms with E-state index in [0.717, 1.165) is 36.8 Å². The van der Waals surface area contributed by atoms with Crippen molar-refractivity contribution in [3.05, 3.63) is 11.0 Å². The predicted octanol–water partition coefficient (Wildman–Crippen LogP) is 2.62. The Hall–Kier alpha value is -0.480. The quantitative estimate of drug-likeness (QED) is 0.764. The topological polar surface area (TPSA) is 29.0 Å². The molecule has 1 aliphatic heterocycles. The zero-order chi connectivity index (χ0) is 10.8. The molecule has 0 unspecified atom stereocenters. The van der Waals surface area contributed by atoms with Crippen LogP contribution in [0.25, 0.3) is 0 Å². The van der Waals surface area contributed by atoms with Crippen molar-refractivity contribution in [1.29, 1.82) is 0 Å². The molecule has 1 aromatic rings. The Morgan fingerprint density at radius 2 is 2.07 bits per heavy atom. The molecule has 2 rings (SSSR count). The number of anilines is 1. The minimum absolute atomic E-state index is 0.373. The SMILES string of the molecule is CCN(CC)c1nc(Cl)nc2c1SCC2. The summed E-state index contributed by atoms with van der Waals surface area (Å²) in [7, 11) is 0. The first-order valence-corrected chi connectivity index (χ1v) is 6.56. The van der Waals surface area contributed by atoms with E-state index in [-0.39, 0.29) is 0 Å². The van der Waals surface area contributed by atoms with Gasteiger partial charge in [0, 0.05) is 25.3 Å². The lowest BCUT2D eigenvalue weighted by Crippen LogP contribution is -2.24. The number of hydrogen-bond acceptors (Lipinski definition) is 4. The van der Waals surface area contributed by atoms with Crippen LogP contribution in [0.4, 0.5) is 5.82 Å². The van der Waals surface area contributed by atoms with Gasteiger partial charge in [0.05, 0.1) is 10.6 Å². The van der Waals surface area contributed by atoms with E-state index in [1.165, 1.54) is 4.90 Å². The highest BCUT2D eigenvalue weighted by Crippen LogP contribution is 2.37. The summed E-state index contributed by atoms with van der Waals surface area (Å²) in [5.74, 6) is 2.11. The van der Waals surface area contributed by atoms with Crippen molar-refractivity contribution in [2.45, 2.75) is 25.2 Å². The van der Waals surface area contributed by atoms with E-state index in [1.807, 2.05) is 11.8 Å². The molecule has 0 spiro atoms. The second-order valence-corrected chi connectivity index (χ2v) is 4.81. The lowest BCUT2D eigenvalue weighted by atomic mass is 10.3. The Morgan fingerprint density at radius 1 is 1.33 bits per heavy atom. The normalized spacial score (nSPS) is 14.1. The molecule has 0 fully saturated rings. The zero-order valence-electron chi connectivity index (χ0n) is 8.96. The van der Waals surface area contributed by atoms with Crippen LogP contribution in [0, 0.1) is 0 Å². The number of nitrogens with zero attached hydrogens (tertiary/aromatic N) is 3. The summed E-state index contributed by atoms with van der Waals surface area (Å²) in [6, 6.07) is 0. The van der Waals surface area contributed by atoms with Gasteiger partial charge in [0.2, 0.25) is 5.28 Å². The third-order valence-corrected chi connectivity index (χ3v) is 3.82. The highest BCUT2D eigenvalue weighted by Gasteiger charge is 2.21. The summed E-state index contributed by atoms with van der Waals surface area (Å²) < 4.78 is 0. The van der Waals surface area contributed by atoms with Gasteiger partial charge in [-0.2, -0.15) is 4.98 Å². The smallest absolute Gasteiger partial charge is 0.224 e. The van der Waals surface area contributed by atoms with Crippen molar-refractivity contribution < 1.29 is 0 Å². The summed E-state index contributed by atoms with van der Waals surface area (Å²) in [6.45, 7) is 6.17. The van der Waals surface area contributed by atoms with Crippen molar-refractivity contribution in [3.63, 3.8) is 0 Å². The maximum absolute atomic E-state index is 5.93. The number of aryl methyl sites for hydroxylation is 1. The van der Waals surface area contributed by atoms with Crippen molar-refractivity contribution in [2.75, 3.05) is 23.7 Å². The van der Waals surface area contributed by atoms with Gasteiger partial charge in [-0.25, -0.2) is 4.98 Å². The van der Waals surface area contributed by atoms with Gasteiger partial charge in [0.1, 0.15) is 5.82 Å². The molecule has 15 heavy (non-hydrogen) atoms. The number of hydrogen-bond donors (Lipinski definition) is 0.